The van der Waals surface area contributed by atoms with E-state index in [0.717, 1.165) is 0 Å². The second kappa shape index (κ2) is 7.00. The Bertz CT molecular complexity index is 288. The van der Waals surface area contributed by atoms with Crippen molar-refractivity contribution in [3.8, 4) is 0 Å². The van der Waals surface area contributed by atoms with Gasteiger partial charge in [0.05, 0.1) is 11.1 Å². The van der Waals surface area contributed by atoms with Gasteiger partial charge in [-0.15, -0.1) is 0 Å². The molecule has 0 amide bonds. The Morgan fingerprint density at radius 3 is 1.14 bits per heavy atom. The van der Waals surface area contributed by atoms with Gasteiger partial charge in [-0.05, 0) is 24.3 Å². The van der Waals surface area contributed by atoms with Gasteiger partial charge in [0.2, 0.25) is 0 Å². The molecule has 0 atom stereocenters. The van der Waals surface area contributed by atoms with E-state index >= 15 is 0 Å². The van der Waals surface area contributed by atoms with Gasteiger partial charge in [0.15, 0.2) is 0 Å². The van der Waals surface area contributed by atoms with Crippen molar-refractivity contribution in [3.05, 3.63) is 35.4 Å². The molecule has 2 radical (unpaired) electrons. The van der Waals surface area contributed by atoms with Crippen LogP contribution in [0.4, 0.5) is 0 Å². The Morgan fingerprint density at radius 1 is 0.786 bits per heavy atom. The van der Waals surface area contributed by atoms with Gasteiger partial charge >= 0.3 is 11.9 Å². The number of carboxylic acid groups (broad SMARTS) is 2. The van der Waals surface area contributed by atoms with Crippen LogP contribution < -0.4 is 0 Å². The molecule has 1 rings (SSSR count). The van der Waals surface area contributed by atoms with Gasteiger partial charge in [-0.25, -0.2) is 9.59 Å². The van der Waals surface area contributed by atoms with Crippen molar-refractivity contribution < 1.29 is 64.6 Å². The summed E-state index contributed by atoms with van der Waals surface area (Å²) in [6, 6.07) is 5.02. The number of carbonyl (C=O) groups is 2. The smallest absolute Gasteiger partial charge is 0.335 e. The molecule has 1 aromatic rings. The predicted molar refractivity (Wildman–Crippen MR) is 40.4 cm³/mol. The van der Waals surface area contributed by atoms with Crippen molar-refractivity contribution >= 4 is 11.9 Å². The van der Waals surface area contributed by atoms with Crippen LogP contribution in [-0.4, -0.2) is 22.2 Å². The molecule has 0 bridgehead atoms. The van der Waals surface area contributed by atoms with E-state index in [-0.39, 0.29) is 55.9 Å². The summed E-state index contributed by atoms with van der Waals surface area (Å²) in [5.41, 5.74) is 0.167. The summed E-state index contributed by atoms with van der Waals surface area (Å²) in [4.78, 5) is 20.7. The van der Waals surface area contributed by atoms with Crippen LogP contribution in [0.1, 0.15) is 20.7 Å². The monoisotopic (exact) mass is 380 g/mol. The van der Waals surface area contributed by atoms with Crippen molar-refractivity contribution in [1.29, 1.82) is 0 Å². The van der Waals surface area contributed by atoms with Crippen molar-refractivity contribution in [3.63, 3.8) is 0 Å². The van der Waals surface area contributed by atoms with Crippen molar-refractivity contribution in [2.75, 3.05) is 0 Å². The van der Waals surface area contributed by atoms with E-state index in [0.29, 0.717) is 0 Å². The number of hydrogen-bond donors (Lipinski definition) is 2. The normalized spacial score (nSPS) is 8.00. The minimum absolute atomic E-state index is 0. The Labute approximate surface area is 111 Å². The Balaban J connectivity index is 0. The number of aromatic carboxylic acids is 2. The fourth-order valence-electron chi connectivity index (χ4n) is 0.755. The van der Waals surface area contributed by atoms with Crippen molar-refractivity contribution in [1.82, 2.24) is 0 Å². The SMILES string of the molecule is O=C(O)c1ccc(C(=O)O)cc1.[Ag].[Ag]. The van der Waals surface area contributed by atoms with Gasteiger partial charge in [0, 0.05) is 44.8 Å². The van der Waals surface area contributed by atoms with Gasteiger partial charge in [-0.3, -0.25) is 0 Å². The van der Waals surface area contributed by atoms with E-state index < -0.39 is 11.9 Å². The van der Waals surface area contributed by atoms with Crippen LogP contribution in [-0.2, 0) is 44.8 Å². The summed E-state index contributed by atoms with van der Waals surface area (Å²) < 4.78 is 0. The Kier molecular flexibility index (Phi) is 8.04. The molecule has 0 aliphatic heterocycles. The van der Waals surface area contributed by atoms with E-state index in [1.165, 1.54) is 24.3 Å². The zero-order chi connectivity index (χ0) is 9.14. The quantitative estimate of drug-likeness (QED) is 0.752. The molecular formula is C8H6Ag2O4. The first kappa shape index (κ1) is 16.1. The topological polar surface area (TPSA) is 74.6 Å². The Morgan fingerprint density at radius 2 is 1.00 bits per heavy atom. The molecule has 2 N–H and O–H groups in total. The summed E-state index contributed by atoms with van der Waals surface area (Å²) in [5.74, 6) is -2.13. The first-order chi connectivity index (χ1) is 5.61. The van der Waals surface area contributed by atoms with E-state index in [4.69, 9.17) is 10.2 Å². The molecule has 1 aromatic carbocycles. The van der Waals surface area contributed by atoms with Crippen LogP contribution in [0.3, 0.4) is 0 Å². The molecule has 6 heteroatoms. The van der Waals surface area contributed by atoms with E-state index in [9.17, 15) is 9.59 Å². The zero-order valence-electron chi connectivity index (χ0n) is 6.62. The molecule has 0 fully saturated rings. The van der Waals surface area contributed by atoms with Crippen molar-refractivity contribution in [2.45, 2.75) is 0 Å². The first-order valence-corrected chi connectivity index (χ1v) is 3.18. The molecule has 0 saturated carbocycles. The van der Waals surface area contributed by atoms with E-state index in [1.54, 1.807) is 0 Å². The molecular weight excluding hydrogens is 376 g/mol. The third-order valence-electron chi connectivity index (χ3n) is 1.38. The molecule has 0 heterocycles. The number of carboxylic acids is 2. The van der Waals surface area contributed by atoms with Gasteiger partial charge in [0.25, 0.3) is 0 Å². The summed E-state index contributed by atoms with van der Waals surface area (Å²) in [5, 5.41) is 16.9. The van der Waals surface area contributed by atoms with Crippen LogP contribution in [0.2, 0.25) is 0 Å². The molecule has 84 valence electrons. The average Bonchev–Trinajstić information content (AvgIpc) is 2.04. The summed E-state index contributed by atoms with van der Waals surface area (Å²) in [6.07, 6.45) is 0. The van der Waals surface area contributed by atoms with E-state index in [1.807, 2.05) is 0 Å². The second-order valence-electron chi connectivity index (χ2n) is 2.19. The standard InChI is InChI=1S/C8H6O4.2Ag/c9-7(10)5-1-2-6(4-3-5)8(11)12;;/h1-4H,(H,9,10)(H,11,12);;. The number of rotatable bonds is 2. The molecule has 0 saturated heterocycles. The predicted octanol–water partition coefficient (Wildman–Crippen LogP) is 1.08. The number of hydrogen-bond acceptors (Lipinski definition) is 2. The van der Waals surface area contributed by atoms with Crippen molar-refractivity contribution in [2.24, 2.45) is 0 Å². The maximum atomic E-state index is 10.3. The maximum Gasteiger partial charge on any atom is 0.335 e. The molecule has 0 aromatic heterocycles. The third kappa shape index (κ3) is 4.24. The number of benzene rings is 1. The van der Waals surface area contributed by atoms with Crippen LogP contribution in [0.15, 0.2) is 24.3 Å². The summed E-state index contributed by atoms with van der Waals surface area (Å²) >= 11 is 0. The largest absolute Gasteiger partial charge is 0.478 e. The fourth-order valence-corrected chi connectivity index (χ4v) is 0.755. The van der Waals surface area contributed by atoms with Gasteiger partial charge < -0.3 is 10.2 Å². The fraction of sp³-hybridized carbons (Fsp3) is 0. The minimum atomic E-state index is -1.06. The first-order valence-electron chi connectivity index (χ1n) is 3.18. The Hall–Kier alpha value is -0.359. The summed E-state index contributed by atoms with van der Waals surface area (Å²) in [6.45, 7) is 0. The molecule has 0 aliphatic carbocycles. The van der Waals surface area contributed by atoms with Crippen LogP contribution >= 0.6 is 0 Å². The van der Waals surface area contributed by atoms with Crippen LogP contribution in [0.5, 0.6) is 0 Å². The average molecular weight is 382 g/mol. The van der Waals surface area contributed by atoms with Gasteiger partial charge in [0.1, 0.15) is 0 Å². The summed E-state index contributed by atoms with van der Waals surface area (Å²) in [7, 11) is 0. The van der Waals surface area contributed by atoms with Crippen LogP contribution in [0.25, 0.3) is 0 Å². The molecule has 4 nitrogen and oxygen atoms in total. The van der Waals surface area contributed by atoms with Gasteiger partial charge in [-0.1, -0.05) is 0 Å². The van der Waals surface area contributed by atoms with E-state index in [2.05, 4.69) is 0 Å². The maximum absolute atomic E-state index is 10.3. The molecule has 0 spiro atoms. The third-order valence-corrected chi connectivity index (χ3v) is 1.38. The molecule has 14 heavy (non-hydrogen) atoms. The zero-order valence-corrected chi connectivity index (χ0v) is 9.59. The van der Waals surface area contributed by atoms with Crippen LogP contribution in [0, 0.1) is 0 Å². The molecule has 0 unspecified atom stereocenters. The second-order valence-corrected chi connectivity index (χ2v) is 2.19. The molecule has 0 aliphatic rings. The van der Waals surface area contributed by atoms with Gasteiger partial charge in [-0.2, -0.15) is 0 Å². The minimum Gasteiger partial charge on any atom is -0.478 e.